The van der Waals surface area contributed by atoms with Crippen molar-refractivity contribution in [3.8, 4) is 18.0 Å². The molecule has 1 heteroatoms. The zero-order valence-electron chi connectivity index (χ0n) is 15.3. The molecule has 3 rings (SSSR count). The number of aryl methyl sites for hydroxylation is 2. The standard InChI is InChI=1S/C24H25N/c1-5-8-10-19-12-14-20(15-13-19)25-23(9-6-2)21(7-3)22-17-18(4)11-16-24(22)25/h3,6,9,11-17H,5,8,10H2,1-2,4H3/b9-6-. The molecule has 0 radical (unpaired) electrons. The van der Waals surface area contributed by atoms with Crippen molar-refractivity contribution in [3.05, 3.63) is 70.9 Å². The van der Waals surface area contributed by atoms with Crippen LogP contribution in [0.25, 0.3) is 22.7 Å². The summed E-state index contributed by atoms with van der Waals surface area (Å²) in [6.45, 7) is 6.36. The lowest BCUT2D eigenvalue weighted by Gasteiger charge is -2.10. The van der Waals surface area contributed by atoms with E-state index in [2.05, 4.69) is 72.9 Å². The Kier molecular flexibility index (Phi) is 5.10. The fraction of sp³-hybridized carbons (Fsp3) is 0.250. The van der Waals surface area contributed by atoms with Gasteiger partial charge >= 0.3 is 0 Å². The molecule has 1 heterocycles. The minimum Gasteiger partial charge on any atom is -0.309 e. The largest absolute Gasteiger partial charge is 0.309 e. The van der Waals surface area contributed by atoms with Crippen molar-refractivity contribution >= 4 is 17.0 Å². The Labute approximate surface area is 151 Å². The van der Waals surface area contributed by atoms with Crippen LogP contribution in [0.15, 0.2) is 48.5 Å². The van der Waals surface area contributed by atoms with Gasteiger partial charge in [-0.3, -0.25) is 0 Å². The van der Waals surface area contributed by atoms with Gasteiger partial charge in [-0.1, -0.05) is 49.1 Å². The summed E-state index contributed by atoms with van der Waals surface area (Å²) >= 11 is 0. The number of aromatic nitrogens is 1. The van der Waals surface area contributed by atoms with Crippen molar-refractivity contribution in [1.29, 1.82) is 0 Å². The molecule has 1 aromatic heterocycles. The topological polar surface area (TPSA) is 4.93 Å². The van der Waals surface area contributed by atoms with Crippen LogP contribution in [0.5, 0.6) is 0 Å². The Hall–Kier alpha value is -2.72. The maximum atomic E-state index is 5.87. The number of terminal acetylenes is 1. The van der Waals surface area contributed by atoms with E-state index >= 15 is 0 Å². The van der Waals surface area contributed by atoms with Gasteiger partial charge in [-0.25, -0.2) is 0 Å². The van der Waals surface area contributed by atoms with Crippen molar-refractivity contribution in [2.75, 3.05) is 0 Å². The summed E-state index contributed by atoms with van der Waals surface area (Å²) < 4.78 is 2.27. The number of nitrogens with zero attached hydrogens (tertiary/aromatic N) is 1. The Morgan fingerprint density at radius 1 is 1.12 bits per heavy atom. The molecular weight excluding hydrogens is 302 g/mol. The van der Waals surface area contributed by atoms with E-state index in [1.54, 1.807) is 0 Å². The van der Waals surface area contributed by atoms with Crippen LogP contribution in [0, 0.1) is 19.3 Å². The van der Waals surface area contributed by atoms with Crippen LogP contribution >= 0.6 is 0 Å². The zero-order valence-corrected chi connectivity index (χ0v) is 15.3. The summed E-state index contributed by atoms with van der Waals surface area (Å²) in [5.41, 5.74) is 6.97. The molecule has 0 aliphatic carbocycles. The molecule has 0 aliphatic heterocycles. The summed E-state index contributed by atoms with van der Waals surface area (Å²) in [4.78, 5) is 0. The molecule has 0 spiro atoms. The third-order valence-electron chi connectivity index (χ3n) is 4.64. The Balaban J connectivity index is 2.21. The monoisotopic (exact) mass is 327 g/mol. The number of hydrogen-bond acceptors (Lipinski definition) is 0. The first kappa shape index (κ1) is 17.1. The second-order valence-corrected chi connectivity index (χ2v) is 6.53. The molecule has 0 unspecified atom stereocenters. The smallest absolute Gasteiger partial charge is 0.0621 e. The molecule has 1 nitrogen and oxygen atoms in total. The highest BCUT2D eigenvalue weighted by Crippen LogP contribution is 2.31. The second kappa shape index (κ2) is 7.45. The van der Waals surface area contributed by atoms with Crippen LogP contribution in [0.3, 0.4) is 0 Å². The summed E-state index contributed by atoms with van der Waals surface area (Å²) in [5, 5.41) is 1.14. The molecule has 0 aliphatic rings. The van der Waals surface area contributed by atoms with Crippen LogP contribution in [0.1, 0.15) is 49.1 Å². The molecule has 0 amide bonds. The molecule has 2 aromatic carbocycles. The van der Waals surface area contributed by atoms with Crippen LogP contribution in [-0.2, 0) is 6.42 Å². The molecule has 25 heavy (non-hydrogen) atoms. The number of rotatable bonds is 5. The van der Waals surface area contributed by atoms with E-state index < -0.39 is 0 Å². The minimum atomic E-state index is 0.965. The highest BCUT2D eigenvalue weighted by molar-refractivity contribution is 5.93. The van der Waals surface area contributed by atoms with Crippen molar-refractivity contribution in [3.63, 3.8) is 0 Å². The quantitative estimate of drug-likeness (QED) is 0.485. The molecule has 3 aromatic rings. The van der Waals surface area contributed by atoms with Crippen molar-refractivity contribution in [2.24, 2.45) is 0 Å². The lowest BCUT2D eigenvalue weighted by atomic mass is 10.1. The van der Waals surface area contributed by atoms with Gasteiger partial charge in [-0.2, -0.15) is 0 Å². The van der Waals surface area contributed by atoms with Crippen LogP contribution in [0.2, 0.25) is 0 Å². The van der Waals surface area contributed by atoms with Crippen molar-refractivity contribution in [2.45, 2.75) is 40.0 Å². The fourth-order valence-corrected chi connectivity index (χ4v) is 3.36. The van der Waals surface area contributed by atoms with Gasteiger partial charge in [0.15, 0.2) is 0 Å². The second-order valence-electron chi connectivity index (χ2n) is 6.53. The number of benzene rings is 2. The Morgan fingerprint density at radius 3 is 2.52 bits per heavy atom. The molecule has 0 fully saturated rings. The number of unbranched alkanes of at least 4 members (excludes halogenated alkanes) is 1. The van der Waals surface area contributed by atoms with Gasteiger partial charge in [0, 0.05) is 11.1 Å². The molecule has 0 N–H and O–H groups in total. The SMILES string of the molecule is C#Cc1c(/C=C\C)n(-c2ccc(CCCC)cc2)c2ccc(C)cc12. The van der Waals surface area contributed by atoms with Gasteiger partial charge in [-0.05, 0) is 62.6 Å². The highest BCUT2D eigenvalue weighted by Gasteiger charge is 2.15. The predicted octanol–water partition coefficient (Wildman–Crippen LogP) is 6.30. The lowest BCUT2D eigenvalue weighted by Crippen LogP contribution is -1.98. The van der Waals surface area contributed by atoms with Crippen molar-refractivity contribution in [1.82, 2.24) is 4.57 Å². The van der Waals surface area contributed by atoms with Crippen LogP contribution in [-0.4, -0.2) is 4.57 Å². The molecular formula is C24H25N. The van der Waals surface area contributed by atoms with E-state index in [4.69, 9.17) is 6.42 Å². The van der Waals surface area contributed by atoms with Gasteiger partial charge in [0.05, 0.1) is 16.8 Å². The van der Waals surface area contributed by atoms with Gasteiger partial charge in [0.1, 0.15) is 0 Å². The molecule has 0 bridgehead atoms. The van der Waals surface area contributed by atoms with Gasteiger partial charge in [0.2, 0.25) is 0 Å². The van der Waals surface area contributed by atoms with E-state index in [1.165, 1.54) is 24.0 Å². The Bertz CT molecular complexity index is 946. The summed E-state index contributed by atoms with van der Waals surface area (Å²) in [7, 11) is 0. The normalized spacial score (nSPS) is 11.3. The molecule has 0 saturated heterocycles. The summed E-state index contributed by atoms with van der Waals surface area (Å²) in [6, 6.07) is 15.4. The number of allylic oxidation sites excluding steroid dienone is 1. The molecule has 0 saturated carbocycles. The van der Waals surface area contributed by atoms with Crippen LogP contribution < -0.4 is 0 Å². The summed E-state index contributed by atoms with van der Waals surface area (Å²) in [6.07, 6.45) is 13.6. The summed E-state index contributed by atoms with van der Waals surface area (Å²) in [5.74, 6) is 2.91. The average Bonchev–Trinajstić information content (AvgIpc) is 2.93. The maximum Gasteiger partial charge on any atom is 0.0621 e. The van der Waals surface area contributed by atoms with Crippen LogP contribution in [0.4, 0.5) is 0 Å². The molecule has 0 atom stereocenters. The van der Waals surface area contributed by atoms with E-state index in [9.17, 15) is 0 Å². The zero-order chi connectivity index (χ0) is 17.8. The first-order valence-electron chi connectivity index (χ1n) is 9.03. The lowest BCUT2D eigenvalue weighted by molar-refractivity contribution is 0.795. The van der Waals surface area contributed by atoms with E-state index in [1.807, 2.05) is 13.0 Å². The minimum absolute atomic E-state index is 0.965. The van der Waals surface area contributed by atoms with E-state index in [-0.39, 0.29) is 0 Å². The average molecular weight is 327 g/mol. The Morgan fingerprint density at radius 2 is 1.88 bits per heavy atom. The number of fused-ring (bicyclic) bond motifs is 1. The number of hydrogen-bond donors (Lipinski definition) is 0. The predicted molar refractivity (Wildman–Crippen MR) is 109 cm³/mol. The third-order valence-corrected chi connectivity index (χ3v) is 4.64. The van der Waals surface area contributed by atoms with E-state index in [0.29, 0.717) is 0 Å². The van der Waals surface area contributed by atoms with Gasteiger partial charge in [-0.15, -0.1) is 6.42 Å². The molecule has 126 valence electrons. The third kappa shape index (κ3) is 3.26. The van der Waals surface area contributed by atoms with Crippen molar-refractivity contribution < 1.29 is 0 Å². The van der Waals surface area contributed by atoms with Gasteiger partial charge < -0.3 is 4.57 Å². The first-order chi connectivity index (χ1) is 12.2. The van der Waals surface area contributed by atoms with Gasteiger partial charge in [0.25, 0.3) is 0 Å². The fourth-order valence-electron chi connectivity index (χ4n) is 3.36. The maximum absolute atomic E-state index is 5.87. The first-order valence-corrected chi connectivity index (χ1v) is 9.03. The highest BCUT2D eigenvalue weighted by atomic mass is 15.0. The van der Waals surface area contributed by atoms with E-state index in [0.717, 1.165) is 34.3 Å².